The van der Waals surface area contributed by atoms with Crippen LogP contribution < -0.4 is 5.32 Å². The molecule has 90 valence electrons. The Bertz CT molecular complexity index is 635. The van der Waals surface area contributed by atoms with E-state index in [4.69, 9.17) is 16.9 Å². The van der Waals surface area contributed by atoms with Crippen molar-refractivity contribution in [2.75, 3.05) is 5.32 Å². The van der Waals surface area contributed by atoms with Crippen LogP contribution in [0.4, 0.5) is 20.2 Å². The van der Waals surface area contributed by atoms with Crippen LogP contribution in [0.1, 0.15) is 5.56 Å². The number of hydrogen-bond donors (Lipinski definition) is 1. The van der Waals surface area contributed by atoms with Crippen LogP contribution in [0.15, 0.2) is 36.4 Å². The van der Waals surface area contributed by atoms with Crippen molar-refractivity contribution >= 4 is 23.0 Å². The number of halogens is 3. The van der Waals surface area contributed by atoms with E-state index in [0.717, 1.165) is 12.1 Å². The van der Waals surface area contributed by atoms with Gasteiger partial charge in [0.2, 0.25) is 0 Å². The van der Waals surface area contributed by atoms with Crippen LogP contribution in [-0.4, -0.2) is 0 Å². The molecule has 0 radical (unpaired) electrons. The predicted molar refractivity (Wildman–Crippen MR) is 65.8 cm³/mol. The van der Waals surface area contributed by atoms with Gasteiger partial charge in [0.25, 0.3) is 0 Å². The quantitative estimate of drug-likeness (QED) is 0.881. The maximum absolute atomic E-state index is 13.6. The molecule has 0 aliphatic heterocycles. The highest BCUT2D eigenvalue weighted by atomic mass is 35.5. The van der Waals surface area contributed by atoms with Crippen molar-refractivity contribution in [1.29, 1.82) is 5.26 Å². The van der Waals surface area contributed by atoms with Crippen molar-refractivity contribution in [3.8, 4) is 6.07 Å². The third-order valence-electron chi connectivity index (χ3n) is 2.30. The minimum absolute atomic E-state index is 0.0928. The maximum atomic E-state index is 13.6. The van der Waals surface area contributed by atoms with Crippen molar-refractivity contribution in [2.45, 2.75) is 0 Å². The fraction of sp³-hybridized carbons (Fsp3) is 0. The van der Waals surface area contributed by atoms with Crippen LogP contribution in [0.5, 0.6) is 0 Å². The van der Waals surface area contributed by atoms with Gasteiger partial charge in [-0.3, -0.25) is 0 Å². The highest BCUT2D eigenvalue weighted by molar-refractivity contribution is 6.30. The first-order valence-electron chi connectivity index (χ1n) is 5.02. The Balaban J connectivity index is 2.32. The molecule has 0 aromatic heterocycles. The number of nitriles is 1. The van der Waals surface area contributed by atoms with Crippen molar-refractivity contribution in [3.63, 3.8) is 0 Å². The average Bonchev–Trinajstić information content (AvgIpc) is 2.34. The lowest BCUT2D eigenvalue weighted by Crippen LogP contribution is -1.96. The lowest BCUT2D eigenvalue weighted by atomic mass is 10.2. The molecule has 0 aliphatic rings. The Morgan fingerprint density at radius 1 is 1.00 bits per heavy atom. The molecular weight excluding hydrogens is 258 g/mol. The van der Waals surface area contributed by atoms with E-state index in [1.807, 2.05) is 6.07 Å². The average molecular weight is 265 g/mol. The summed E-state index contributed by atoms with van der Waals surface area (Å²) in [6.07, 6.45) is 0. The van der Waals surface area contributed by atoms with Crippen LogP contribution in [0, 0.1) is 23.0 Å². The SMILES string of the molecule is N#Cc1ccc(Nc2ccc(Cl)cc2F)c(F)c1. The Morgan fingerprint density at radius 2 is 1.61 bits per heavy atom. The van der Waals surface area contributed by atoms with Crippen LogP contribution >= 0.6 is 11.6 Å². The molecule has 5 heteroatoms. The van der Waals surface area contributed by atoms with E-state index in [9.17, 15) is 8.78 Å². The van der Waals surface area contributed by atoms with Gasteiger partial charge in [0.05, 0.1) is 23.0 Å². The summed E-state index contributed by atoms with van der Waals surface area (Å²) in [7, 11) is 0. The van der Waals surface area contributed by atoms with E-state index in [2.05, 4.69) is 5.32 Å². The van der Waals surface area contributed by atoms with E-state index in [1.165, 1.54) is 24.3 Å². The molecule has 0 saturated heterocycles. The molecule has 18 heavy (non-hydrogen) atoms. The van der Waals surface area contributed by atoms with Crippen LogP contribution in [0.3, 0.4) is 0 Å². The number of nitrogens with zero attached hydrogens (tertiary/aromatic N) is 1. The van der Waals surface area contributed by atoms with Crippen LogP contribution in [-0.2, 0) is 0 Å². The summed E-state index contributed by atoms with van der Waals surface area (Å²) in [5.74, 6) is -1.20. The van der Waals surface area contributed by atoms with Gasteiger partial charge >= 0.3 is 0 Å². The number of anilines is 2. The molecule has 2 aromatic rings. The van der Waals surface area contributed by atoms with Gasteiger partial charge in [-0.25, -0.2) is 8.78 Å². The number of rotatable bonds is 2. The zero-order valence-corrected chi connectivity index (χ0v) is 9.80. The van der Waals surface area contributed by atoms with Gasteiger partial charge in [0, 0.05) is 5.02 Å². The number of benzene rings is 2. The first-order valence-corrected chi connectivity index (χ1v) is 5.39. The molecule has 0 saturated carbocycles. The highest BCUT2D eigenvalue weighted by Gasteiger charge is 2.07. The number of nitrogens with one attached hydrogen (secondary N) is 1. The maximum Gasteiger partial charge on any atom is 0.148 e. The van der Waals surface area contributed by atoms with E-state index in [0.29, 0.717) is 0 Å². The van der Waals surface area contributed by atoms with Gasteiger partial charge in [0.15, 0.2) is 0 Å². The minimum Gasteiger partial charge on any atom is -0.351 e. The van der Waals surface area contributed by atoms with E-state index in [-0.39, 0.29) is 22.0 Å². The molecule has 0 amide bonds. The van der Waals surface area contributed by atoms with Crippen LogP contribution in [0.25, 0.3) is 0 Å². The second-order valence-corrected chi connectivity index (χ2v) is 3.99. The molecule has 0 aliphatic carbocycles. The fourth-order valence-electron chi connectivity index (χ4n) is 1.42. The molecule has 2 nitrogen and oxygen atoms in total. The summed E-state index contributed by atoms with van der Waals surface area (Å²) in [4.78, 5) is 0. The fourth-order valence-corrected chi connectivity index (χ4v) is 1.58. The minimum atomic E-state index is -0.622. The predicted octanol–water partition coefficient (Wildman–Crippen LogP) is 4.23. The smallest absolute Gasteiger partial charge is 0.148 e. The van der Waals surface area contributed by atoms with Crippen molar-refractivity contribution in [1.82, 2.24) is 0 Å². The molecule has 0 bridgehead atoms. The number of hydrogen-bond acceptors (Lipinski definition) is 2. The molecule has 2 rings (SSSR count). The standard InChI is InChI=1S/C13H7ClF2N2/c14-9-2-4-13(11(16)6-9)18-12-3-1-8(7-17)5-10(12)15/h1-6,18H. The molecule has 0 heterocycles. The Labute approximate surface area is 107 Å². The first kappa shape index (κ1) is 12.3. The first-order chi connectivity index (χ1) is 8.60. The van der Waals surface area contributed by atoms with Gasteiger partial charge in [-0.1, -0.05) is 11.6 Å². The summed E-state index contributed by atoms with van der Waals surface area (Å²) in [6.45, 7) is 0. The van der Waals surface area contributed by atoms with E-state index in [1.54, 1.807) is 0 Å². The molecule has 0 spiro atoms. The summed E-state index contributed by atoms with van der Waals surface area (Å²) in [6, 6.07) is 9.76. The van der Waals surface area contributed by atoms with E-state index < -0.39 is 11.6 Å². The molecule has 0 unspecified atom stereocenters. The summed E-state index contributed by atoms with van der Waals surface area (Å²) >= 11 is 5.61. The summed E-state index contributed by atoms with van der Waals surface area (Å²) in [5, 5.41) is 11.5. The highest BCUT2D eigenvalue weighted by Crippen LogP contribution is 2.25. The van der Waals surface area contributed by atoms with E-state index >= 15 is 0 Å². The summed E-state index contributed by atoms with van der Waals surface area (Å²) < 4.78 is 27.1. The lowest BCUT2D eigenvalue weighted by Gasteiger charge is -2.08. The topological polar surface area (TPSA) is 35.8 Å². The zero-order chi connectivity index (χ0) is 13.1. The molecule has 1 N–H and O–H groups in total. The molecule has 2 aromatic carbocycles. The third-order valence-corrected chi connectivity index (χ3v) is 2.53. The van der Waals surface area contributed by atoms with Gasteiger partial charge in [-0.15, -0.1) is 0 Å². The Morgan fingerprint density at radius 3 is 2.17 bits per heavy atom. The zero-order valence-electron chi connectivity index (χ0n) is 9.05. The third kappa shape index (κ3) is 2.58. The van der Waals surface area contributed by atoms with Crippen molar-refractivity contribution in [2.24, 2.45) is 0 Å². The summed E-state index contributed by atoms with van der Waals surface area (Å²) in [5.41, 5.74) is 0.410. The van der Waals surface area contributed by atoms with Crippen molar-refractivity contribution in [3.05, 3.63) is 58.6 Å². The van der Waals surface area contributed by atoms with Gasteiger partial charge in [-0.05, 0) is 36.4 Å². The molecular formula is C13H7ClF2N2. The van der Waals surface area contributed by atoms with Gasteiger partial charge in [-0.2, -0.15) is 5.26 Å². The largest absolute Gasteiger partial charge is 0.351 e. The van der Waals surface area contributed by atoms with Crippen molar-refractivity contribution < 1.29 is 8.78 Å². The Kier molecular flexibility index (Phi) is 3.45. The second-order valence-electron chi connectivity index (χ2n) is 3.56. The second kappa shape index (κ2) is 5.03. The molecule has 0 fully saturated rings. The lowest BCUT2D eigenvalue weighted by molar-refractivity contribution is 0.625. The van der Waals surface area contributed by atoms with Crippen LogP contribution in [0.2, 0.25) is 5.02 Å². The molecule has 0 atom stereocenters. The Hall–Kier alpha value is -2.12. The van der Waals surface area contributed by atoms with Gasteiger partial charge in [0.1, 0.15) is 11.6 Å². The normalized spacial score (nSPS) is 9.89. The van der Waals surface area contributed by atoms with Gasteiger partial charge < -0.3 is 5.32 Å². The monoisotopic (exact) mass is 264 g/mol.